The standard InChI is InChI=1S/C16H23N7/c1-11-8-18-12(2)16(22-11)19-9-13-5-4-6-23(13)15-7-14(17-3)20-10-21-15/h7-8,10,13H,4-6,9H2,1-3H3,(H,19,22)(H,17,20,21). The number of aryl methyl sites for hydroxylation is 2. The molecule has 2 aromatic heterocycles. The van der Waals surface area contributed by atoms with Crippen molar-refractivity contribution < 1.29 is 0 Å². The van der Waals surface area contributed by atoms with Crippen LogP contribution in [0.15, 0.2) is 18.6 Å². The van der Waals surface area contributed by atoms with Gasteiger partial charge in [-0.1, -0.05) is 0 Å². The SMILES string of the molecule is CNc1cc(N2CCCC2CNc2nc(C)cnc2C)ncn1. The molecule has 1 saturated heterocycles. The molecule has 3 heterocycles. The Labute approximate surface area is 136 Å². The molecule has 1 aliphatic rings. The van der Waals surface area contributed by atoms with Gasteiger partial charge in [-0.15, -0.1) is 0 Å². The number of nitrogens with one attached hydrogen (secondary N) is 2. The van der Waals surface area contributed by atoms with Crippen molar-refractivity contribution in [2.45, 2.75) is 32.7 Å². The molecule has 3 rings (SSSR count). The summed E-state index contributed by atoms with van der Waals surface area (Å²) >= 11 is 0. The maximum absolute atomic E-state index is 4.53. The van der Waals surface area contributed by atoms with Crippen LogP contribution in [0.3, 0.4) is 0 Å². The van der Waals surface area contributed by atoms with Crippen molar-refractivity contribution >= 4 is 17.5 Å². The third-order valence-corrected chi connectivity index (χ3v) is 4.16. The molecule has 7 nitrogen and oxygen atoms in total. The first-order chi connectivity index (χ1) is 11.2. The molecule has 0 aromatic carbocycles. The molecular formula is C16H23N7. The first-order valence-corrected chi connectivity index (χ1v) is 7.98. The van der Waals surface area contributed by atoms with Crippen molar-refractivity contribution in [1.82, 2.24) is 19.9 Å². The molecule has 23 heavy (non-hydrogen) atoms. The van der Waals surface area contributed by atoms with Crippen LogP contribution in [-0.2, 0) is 0 Å². The second-order valence-electron chi connectivity index (χ2n) is 5.83. The average molecular weight is 313 g/mol. The van der Waals surface area contributed by atoms with Gasteiger partial charge in [-0.2, -0.15) is 0 Å². The molecule has 1 aliphatic heterocycles. The molecule has 0 bridgehead atoms. The number of nitrogens with zero attached hydrogens (tertiary/aromatic N) is 5. The molecule has 0 amide bonds. The summed E-state index contributed by atoms with van der Waals surface area (Å²) in [7, 11) is 1.87. The summed E-state index contributed by atoms with van der Waals surface area (Å²) in [4.78, 5) is 19.8. The third kappa shape index (κ3) is 3.49. The van der Waals surface area contributed by atoms with Crippen molar-refractivity contribution in [1.29, 1.82) is 0 Å². The Kier molecular flexibility index (Phi) is 4.55. The van der Waals surface area contributed by atoms with Crippen molar-refractivity contribution in [2.75, 3.05) is 35.7 Å². The largest absolute Gasteiger partial charge is 0.373 e. The van der Waals surface area contributed by atoms with E-state index in [1.807, 2.05) is 27.0 Å². The number of anilines is 3. The second kappa shape index (κ2) is 6.76. The summed E-state index contributed by atoms with van der Waals surface area (Å²) in [6, 6.07) is 2.40. The predicted octanol–water partition coefficient (Wildman–Crippen LogP) is 2.01. The molecule has 0 radical (unpaired) electrons. The fourth-order valence-electron chi connectivity index (χ4n) is 2.91. The normalized spacial score (nSPS) is 17.3. The van der Waals surface area contributed by atoms with Crippen LogP contribution >= 0.6 is 0 Å². The van der Waals surface area contributed by atoms with Crippen LogP contribution in [0.2, 0.25) is 0 Å². The maximum atomic E-state index is 4.53. The van der Waals surface area contributed by atoms with E-state index in [0.29, 0.717) is 6.04 Å². The van der Waals surface area contributed by atoms with Gasteiger partial charge < -0.3 is 15.5 Å². The Balaban J connectivity index is 1.70. The molecule has 2 N–H and O–H groups in total. The number of hydrogen-bond acceptors (Lipinski definition) is 7. The van der Waals surface area contributed by atoms with Gasteiger partial charge in [-0.3, -0.25) is 4.98 Å². The van der Waals surface area contributed by atoms with Crippen LogP contribution in [0.25, 0.3) is 0 Å². The van der Waals surface area contributed by atoms with Gasteiger partial charge in [0.25, 0.3) is 0 Å². The van der Waals surface area contributed by atoms with E-state index in [9.17, 15) is 0 Å². The monoisotopic (exact) mass is 313 g/mol. The van der Waals surface area contributed by atoms with Gasteiger partial charge in [0.15, 0.2) is 0 Å². The van der Waals surface area contributed by atoms with E-state index >= 15 is 0 Å². The molecule has 1 atom stereocenters. The lowest BCUT2D eigenvalue weighted by molar-refractivity contribution is 0.688. The molecule has 0 spiro atoms. The summed E-state index contributed by atoms with van der Waals surface area (Å²) < 4.78 is 0. The second-order valence-corrected chi connectivity index (χ2v) is 5.83. The first kappa shape index (κ1) is 15.5. The zero-order valence-electron chi connectivity index (χ0n) is 13.9. The molecule has 1 fully saturated rings. The van der Waals surface area contributed by atoms with Crippen LogP contribution in [-0.4, -0.2) is 46.1 Å². The highest BCUT2D eigenvalue weighted by molar-refractivity contribution is 5.50. The van der Waals surface area contributed by atoms with E-state index in [0.717, 1.165) is 48.4 Å². The number of aromatic nitrogens is 4. The summed E-state index contributed by atoms with van der Waals surface area (Å²) in [5.74, 6) is 2.69. The lowest BCUT2D eigenvalue weighted by Crippen LogP contribution is -2.35. The van der Waals surface area contributed by atoms with Crippen LogP contribution in [0.4, 0.5) is 17.5 Å². The predicted molar refractivity (Wildman–Crippen MR) is 91.9 cm³/mol. The van der Waals surface area contributed by atoms with Gasteiger partial charge in [-0.25, -0.2) is 15.0 Å². The van der Waals surface area contributed by atoms with Crippen molar-refractivity contribution in [2.24, 2.45) is 0 Å². The zero-order valence-corrected chi connectivity index (χ0v) is 13.9. The van der Waals surface area contributed by atoms with Gasteiger partial charge in [0.05, 0.1) is 11.4 Å². The summed E-state index contributed by atoms with van der Waals surface area (Å²) in [6.45, 7) is 5.79. The van der Waals surface area contributed by atoms with Gasteiger partial charge in [0, 0.05) is 38.4 Å². The van der Waals surface area contributed by atoms with E-state index in [2.05, 4.69) is 35.5 Å². The van der Waals surface area contributed by atoms with E-state index in [1.165, 1.54) is 6.42 Å². The molecule has 2 aromatic rings. The van der Waals surface area contributed by atoms with Crippen LogP contribution in [0.1, 0.15) is 24.2 Å². The van der Waals surface area contributed by atoms with Crippen LogP contribution < -0.4 is 15.5 Å². The average Bonchev–Trinajstić information content (AvgIpc) is 3.04. The fraction of sp³-hybridized carbons (Fsp3) is 0.500. The number of hydrogen-bond donors (Lipinski definition) is 2. The first-order valence-electron chi connectivity index (χ1n) is 7.98. The van der Waals surface area contributed by atoms with Gasteiger partial charge in [0.2, 0.25) is 0 Å². The molecule has 0 saturated carbocycles. The Morgan fingerprint density at radius 2 is 2.13 bits per heavy atom. The zero-order chi connectivity index (χ0) is 16.2. The topological polar surface area (TPSA) is 78.9 Å². The quantitative estimate of drug-likeness (QED) is 0.874. The third-order valence-electron chi connectivity index (χ3n) is 4.16. The number of rotatable bonds is 5. The Bertz CT molecular complexity index is 673. The molecule has 122 valence electrons. The van der Waals surface area contributed by atoms with Crippen molar-refractivity contribution in [3.05, 3.63) is 30.0 Å². The summed E-state index contributed by atoms with van der Waals surface area (Å²) in [6.07, 6.45) is 5.72. The minimum atomic E-state index is 0.399. The molecule has 7 heteroatoms. The van der Waals surface area contributed by atoms with Crippen LogP contribution in [0.5, 0.6) is 0 Å². The van der Waals surface area contributed by atoms with E-state index in [1.54, 1.807) is 12.5 Å². The highest BCUT2D eigenvalue weighted by Gasteiger charge is 2.26. The minimum Gasteiger partial charge on any atom is -0.373 e. The Morgan fingerprint density at radius 1 is 1.26 bits per heavy atom. The van der Waals surface area contributed by atoms with Gasteiger partial charge >= 0.3 is 0 Å². The van der Waals surface area contributed by atoms with E-state index in [-0.39, 0.29) is 0 Å². The highest BCUT2D eigenvalue weighted by atomic mass is 15.3. The van der Waals surface area contributed by atoms with Crippen molar-refractivity contribution in [3.8, 4) is 0 Å². The Hall–Kier alpha value is -2.44. The maximum Gasteiger partial charge on any atom is 0.147 e. The van der Waals surface area contributed by atoms with Gasteiger partial charge in [-0.05, 0) is 26.7 Å². The molecule has 1 unspecified atom stereocenters. The smallest absolute Gasteiger partial charge is 0.147 e. The Morgan fingerprint density at radius 3 is 2.96 bits per heavy atom. The molecular weight excluding hydrogens is 290 g/mol. The van der Waals surface area contributed by atoms with Gasteiger partial charge in [0.1, 0.15) is 23.8 Å². The lowest BCUT2D eigenvalue weighted by atomic mass is 10.2. The van der Waals surface area contributed by atoms with Crippen molar-refractivity contribution in [3.63, 3.8) is 0 Å². The summed E-state index contributed by atoms with van der Waals surface area (Å²) in [5.41, 5.74) is 1.86. The lowest BCUT2D eigenvalue weighted by Gasteiger charge is -2.26. The fourth-order valence-corrected chi connectivity index (χ4v) is 2.91. The van der Waals surface area contributed by atoms with E-state index < -0.39 is 0 Å². The van der Waals surface area contributed by atoms with E-state index in [4.69, 9.17) is 0 Å². The minimum absolute atomic E-state index is 0.399. The van der Waals surface area contributed by atoms with Crippen LogP contribution in [0, 0.1) is 13.8 Å². The summed E-state index contributed by atoms with van der Waals surface area (Å²) in [5, 5.41) is 6.52. The highest BCUT2D eigenvalue weighted by Crippen LogP contribution is 2.25. The molecule has 0 aliphatic carbocycles.